The van der Waals surface area contributed by atoms with Crippen molar-refractivity contribution in [1.82, 2.24) is 4.90 Å². The fraction of sp³-hybridized carbons (Fsp3) is 0.318. The Balaban J connectivity index is 1.57. The van der Waals surface area contributed by atoms with Crippen LogP contribution in [-0.2, 0) is 9.59 Å². The van der Waals surface area contributed by atoms with E-state index in [0.717, 1.165) is 12.8 Å². The number of hydrogen-bond donors (Lipinski definition) is 2. The second-order valence-corrected chi connectivity index (χ2v) is 7.42. The van der Waals surface area contributed by atoms with E-state index in [1.54, 1.807) is 35.2 Å². The van der Waals surface area contributed by atoms with E-state index in [1.807, 2.05) is 0 Å². The topological polar surface area (TPSA) is 122 Å². The molecular weight excluding hydrogens is 400 g/mol. The number of nitro groups is 1. The van der Waals surface area contributed by atoms with Crippen LogP contribution >= 0.6 is 0 Å². The zero-order chi connectivity index (χ0) is 22.4. The van der Waals surface area contributed by atoms with Gasteiger partial charge in [0.1, 0.15) is 0 Å². The van der Waals surface area contributed by atoms with Crippen LogP contribution in [0.2, 0.25) is 0 Å². The van der Waals surface area contributed by atoms with Crippen LogP contribution in [0.4, 0.5) is 17.1 Å². The molecule has 1 atom stereocenters. The Morgan fingerprint density at radius 1 is 1.13 bits per heavy atom. The molecule has 0 aromatic heterocycles. The maximum Gasteiger partial charge on any atom is 0.271 e. The van der Waals surface area contributed by atoms with Crippen molar-refractivity contribution in [3.8, 4) is 0 Å². The number of nitrogens with zero attached hydrogens (tertiary/aromatic N) is 2. The van der Waals surface area contributed by atoms with Gasteiger partial charge in [0.15, 0.2) is 0 Å². The van der Waals surface area contributed by atoms with Crippen LogP contribution < -0.4 is 10.6 Å². The number of rotatable bonds is 8. The van der Waals surface area contributed by atoms with Crippen LogP contribution in [0, 0.1) is 16.0 Å². The molecule has 1 aliphatic heterocycles. The predicted octanol–water partition coefficient (Wildman–Crippen LogP) is 3.43. The van der Waals surface area contributed by atoms with Crippen molar-refractivity contribution >= 4 is 34.8 Å². The van der Waals surface area contributed by atoms with Gasteiger partial charge in [-0.05, 0) is 36.8 Å². The van der Waals surface area contributed by atoms with Gasteiger partial charge < -0.3 is 15.5 Å². The van der Waals surface area contributed by atoms with Gasteiger partial charge in [0.25, 0.3) is 11.6 Å². The summed E-state index contributed by atoms with van der Waals surface area (Å²) in [5, 5.41) is 16.3. The molecule has 3 rings (SSSR count). The largest absolute Gasteiger partial charge is 0.342 e. The van der Waals surface area contributed by atoms with Gasteiger partial charge in [-0.25, -0.2) is 0 Å². The molecule has 31 heavy (non-hydrogen) atoms. The molecule has 0 bridgehead atoms. The van der Waals surface area contributed by atoms with Crippen molar-refractivity contribution < 1.29 is 19.3 Å². The highest BCUT2D eigenvalue weighted by atomic mass is 16.6. The standard InChI is InChI=1S/C22H24N4O5/c1-2-3-11-25-14-16(12-20(25)27)22(29)23-17-9-7-15(8-10-17)21(28)24-18-5-4-6-19(13-18)26(30)31/h4-10,13,16H,2-3,11-12,14H2,1H3,(H,23,29)(H,24,28)/t16-/m0/s1. The molecule has 2 aromatic carbocycles. The van der Waals surface area contributed by atoms with E-state index in [-0.39, 0.29) is 29.8 Å². The first-order valence-electron chi connectivity index (χ1n) is 10.1. The minimum absolute atomic E-state index is 0.00164. The molecule has 2 N–H and O–H groups in total. The molecule has 1 saturated heterocycles. The van der Waals surface area contributed by atoms with Crippen LogP contribution in [0.3, 0.4) is 0 Å². The Labute approximate surface area is 179 Å². The number of nitrogens with one attached hydrogen (secondary N) is 2. The molecule has 2 aromatic rings. The van der Waals surface area contributed by atoms with Crippen LogP contribution in [0.5, 0.6) is 0 Å². The van der Waals surface area contributed by atoms with Crippen molar-refractivity contribution in [3.63, 3.8) is 0 Å². The van der Waals surface area contributed by atoms with Crippen molar-refractivity contribution in [2.24, 2.45) is 5.92 Å². The highest BCUT2D eigenvalue weighted by molar-refractivity contribution is 6.05. The first kappa shape index (κ1) is 21.9. The number of carbonyl (C=O) groups excluding carboxylic acids is 3. The van der Waals surface area contributed by atoms with E-state index in [2.05, 4.69) is 17.6 Å². The van der Waals surface area contributed by atoms with Gasteiger partial charge in [0, 0.05) is 48.6 Å². The van der Waals surface area contributed by atoms with E-state index in [9.17, 15) is 24.5 Å². The van der Waals surface area contributed by atoms with Gasteiger partial charge in [0.2, 0.25) is 11.8 Å². The summed E-state index contributed by atoms with van der Waals surface area (Å²) in [5.41, 5.74) is 1.06. The van der Waals surface area contributed by atoms with Gasteiger partial charge in [0.05, 0.1) is 10.8 Å². The van der Waals surface area contributed by atoms with E-state index in [1.165, 1.54) is 18.2 Å². The number of amides is 3. The van der Waals surface area contributed by atoms with Gasteiger partial charge in [-0.15, -0.1) is 0 Å². The van der Waals surface area contributed by atoms with Crippen molar-refractivity contribution in [2.75, 3.05) is 23.7 Å². The summed E-state index contributed by atoms with van der Waals surface area (Å²) in [5.74, 6) is -1.03. The summed E-state index contributed by atoms with van der Waals surface area (Å²) in [6, 6.07) is 12.0. The lowest BCUT2D eigenvalue weighted by atomic mass is 10.1. The molecular formula is C22H24N4O5. The minimum Gasteiger partial charge on any atom is -0.342 e. The molecule has 1 fully saturated rings. The van der Waals surface area contributed by atoms with Crippen molar-refractivity contribution in [2.45, 2.75) is 26.2 Å². The quantitative estimate of drug-likeness (QED) is 0.497. The maximum atomic E-state index is 12.5. The van der Waals surface area contributed by atoms with Crippen LogP contribution in [-0.4, -0.2) is 40.6 Å². The summed E-state index contributed by atoms with van der Waals surface area (Å²) in [6.07, 6.45) is 2.11. The van der Waals surface area contributed by atoms with Crippen molar-refractivity contribution in [3.05, 3.63) is 64.2 Å². The Morgan fingerprint density at radius 3 is 2.55 bits per heavy atom. The number of carbonyl (C=O) groups is 3. The zero-order valence-corrected chi connectivity index (χ0v) is 17.2. The molecule has 0 aliphatic carbocycles. The summed E-state index contributed by atoms with van der Waals surface area (Å²) in [6.45, 7) is 3.15. The van der Waals surface area contributed by atoms with E-state index >= 15 is 0 Å². The molecule has 1 aliphatic rings. The lowest BCUT2D eigenvalue weighted by Gasteiger charge is -2.16. The second-order valence-electron chi connectivity index (χ2n) is 7.42. The summed E-state index contributed by atoms with van der Waals surface area (Å²) < 4.78 is 0. The van der Waals surface area contributed by atoms with E-state index < -0.39 is 10.8 Å². The Hall–Kier alpha value is -3.75. The number of benzene rings is 2. The van der Waals surface area contributed by atoms with E-state index in [4.69, 9.17) is 0 Å². The fourth-order valence-electron chi connectivity index (χ4n) is 3.36. The summed E-state index contributed by atoms with van der Waals surface area (Å²) in [4.78, 5) is 49.0. The summed E-state index contributed by atoms with van der Waals surface area (Å²) in [7, 11) is 0. The number of nitro benzene ring substituents is 1. The van der Waals surface area contributed by atoms with Gasteiger partial charge in [-0.1, -0.05) is 19.4 Å². The average Bonchev–Trinajstić information content (AvgIpc) is 3.13. The third-order valence-corrected chi connectivity index (χ3v) is 5.10. The normalized spacial score (nSPS) is 15.6. The van der Waals surface area contributed by atoms with Gasteiger partial charge >= 0.3 is 0 Å². The second kappa shape index (κ2) is 9.84. The molecule has 0 radical (unpaired) electrons. The molecule has 9 heteroatoms. The molecule has 0 spiro atoms. The third-order valence-electron chi connectivity index (χ3n) is 5.10. The first-order chi connectivity index (χ1) is 14.9. The Kier molecular flexibility index (Phi) is 6.96. The average molecular weight is 424 g/mol. The SMILES string of the molecule is CCCCN1C[C@@H](C(=O)Nc2ccc(C(=O)Nc3cccc([N+](=O)[O-])c3)cc2)CC1=O. The highest BCUT2D eigenvalue weighted by Gasteiger charge is 2.33. The Bertz CT molecular complexity index is 990. The fourth-order valence-corrected chi connectivity index (χ4v) is 3.36. The molecule has 9 nitrogen and oxygen atoms in total. The smallest absolute Gasteiger partial charge is 0.271 e. The molecule has 1 heterocycles. The lowest BCUT2D eigenvalue weighted by Crippen LogP contribution is -2.29. The van der Waals surface area contributed by atoms with Gasteiger partial charge in [-0.2, -0.15) is 0 Å². The van der Waals surface area contributed by atoms with Gasteiger partial charge in [-0.3, -0.25) is 24.5 Å². The number of likely N-dealkylation sites (tertiary alicyclic amines) is 1. The number of non-ortho nitro benzene ring substituents is 1. The lowest BCUT2D eigenvalue weighted by molar-refractivity contribution is -0.384. The molecule has 162 valence electrons. The molecule has 0 unspecified atom stereocenters. The van der Waals surface area contributed by atoms with Crippen LogP contribution in [0.25, 0.3) is 0 Å². The zero-order valence-electron chi connectivity index (χ0n) is 17.2. The minimum atomic E-state index is -0.534. The summed E-state index contributed by atoms with van der Waals surface area (Å²) >= 11 is 0. The van der Waals surface area contributed by atoms with Crippen LogP contribution in [0.1, 0.15) is 36.5 Å². The molecule has 0 saturated carbocycles. The maximum absolute atomic E-state index is 12.5. The van der Waals surface area contributed by atoms with Crippen molar-refractivity contribution in [1.29, 1.82) is 0 Å². The third kappa shape index (κ3) is 5.65. The van der Waals surface area contributed by atoms with E-state index in [0.29, 0.717) is 30.0 Å². The monoisotopic (exact) mass is 424 g/mol. The highest BCUT2D eigenvalue weighted by Crippen LogP contribution is 2.21. The predicted molar refractivity (Wildman–Crippen MR) is 116 cm³/mol. The van der Waals surface area contributed by atoms with Crippen LogP contribution in [0.15, 0.2) is 48.5 Å². The first-order valence-corrected chi connectivity index (χ1v) is 10.1. The number of hydrogen-bond acceptors (Lipinski definition) is 5. The Morgan fingerprint density at radius 2 is 1.87 bits per heavy atom. The molecule has 3 amide bonds. The number of unbranched alkanes of at least 4 members (excludes halogenated alkanes) is 1. The number of anilines is 2.